The number of hydrogen-bond acceptors (Lipinski definition) is 4. The molecule has 3 aromatic rings. The summed E-state index contributed by atoms with van der Waals surface area (Å²) < 4.78 is 27.4. The summed E-state index contributed by atoms with van der Waals surface area (Å²) in [5.41, 5.74) is 1.67. The molecule has 0 bridgehead atoms. The highest BCUT2D eigenvalue weighted by molar-refractivity contribution is 9.10. The molecule has 2 heterocycles. The number of aromatic amines is 1. The monoisotopic (exact) mass is 366 g/mol. The fourth-order valence-electron chi connectivity index (χ4n) is 1.88. The summed E-state index contributed by atoms with van der Waals surface area (Å²) in [7, 11) is -3.62. The highest BCUT2D eigenvalue weighted by Gasteiger charge is 2.15. The Bertz CT molecular complexity index is 859. The van der Waals surface area contributed by atoms with Gasteiger partial charge in [0.15, 0.2) is 0 Å². The minimum atomic E-state index is -3.62. The van der Waals surface area contributed by atoms with E-state index in [0.29, 0.717) is 10.3 Å². The van der Waals surface area contributed by atoms with E-state index in [1.807, 2.05) is 24.3 Å². The van der Waals surface area contributed by atoms with Crippen molar-refractivity contribution < 1.29 is 8.42 Å². The number of sulfonamides is 1. The van der Waals surface area contributed by atoms with E-state index in [1.54, 1.807) is 0 Å². The third kappa shape index (κ3) is 3.12. The highest BCUT2D eigenvalue weighted by atomic mass is 79.9. The average Bonchev–Trinajstić information content (AvgIpc) is 2.88. The van der Waals surface area contributed by atoms with Crippen LogP contribution in [0.25, 0.3) is 11.0 Å². The molecular formula is C13H11BrN4O2S. The second-order valence-electron chi connectivity index (χ2n) is 4.36. The molecule has 0 saturated heterocycles. The van der Waals surface area contributed by atoms with E-state index in [1.165, 1.54) is 18.5 Å². The van der Waals surface area contributed by atoms with Gasteiger partial charge >= 0.3 is 0 Å². The normalized spacial score (nSPS) is 11.9. The summed E-state index contributed by atoms with van der Waals surface area (Å²) in [5, 5.41) is 0. The van der Waals surface area contributed by atoms with E-state index in [4.69, 9.17) is 0 Å². The first-order valence-corrected chi connectivity index (χ1v) is 8.36. The Morgan fingerprint density at radius 1 is 1.24 bits per heavy atom. The van der Waals surface area contributed by atoms with Crippen molar-refractivity contribution in [1.82, 2.24) is 19.7 Å². The van der Waals surface area contributed by atoms with Crippen molar-refractivity contribution in [3.8, 4) is 0 Å². The van der Waals surface area contributed by atoms with E-state index < -0.39 is 10.0 Å². The van der Waals surface area contributed by atoms with Crippen LogP contribution in [0.3, 0.4) is 0 Å². The minimum Gasteiger partial charge on any atom is -0.341 e. The zero-order chi connectivity index (χ0) is 14.9. The quantitative estimate of drug-likeness (QED) is 0.740. The minimum absolute atomic E-state index is 0.0868. The molecule has 21 heavy (non-hydrogen) atoms. The van der Waals surface area contributed by atoms with Crippen LogP contribution >= 0.6 is 15.9 Å². The predicted octanol–water partition coefficient (Wildman–Crippen LogP) is 2.20. The third-order valence-corrected chi connectivity index (χ3v) is 4.66. The molecule has 2 aromatic heterocycles. The van der Waals surface area contributed by atoms with Crippen LogP contribution in [0.1, 0.15) is 5.82 Å². The van der Waals surface area contributed by atoms with Crippen molar-refractivity contribution in [2.24, 2.45) is 0 Å². The van der Waals surface area contributed by atoms with Gasteiger partial charge in [0.1, 0.15) is 10.7 Å². The van der Waals surface area contributed by atoms with Gasteiger partial charge < -0.3 is 4.98 Å². The second-order valence-corrected chi connectivity index (χ2v) is 7.05. The van der Waals surface area contributed by atoms with Crippen LogP contribution in [0.4, 0.5) is 0 Å². The molecule has 8 heteroatoms. The van der Waals surface area contributed by atoms with Gasteiger partial charge in [-0.05, 0) is 34.1 Å². The van der Waals surface area contributed by atoms with Crippen molar-refractivity contribution in [2.75, 3.05) is 0 Å². The Hall–Kier alpha value is -1.77. The van der Waals surface area contributed by atoms with Gasteiger partial charge in [-0.15, -0.1) is 0 Å². The van der Waals surface area contributed by atoms with Crippen LogP contribution in [-0.2, 0) is 16.6 Å². The average molecular weight is 367 g/mol. The number of fused-ring (bicyclic) bond motifs is 1. The lowest BCUT2D eigenvalue weighted by Crippen LogP contribution is -2.24. The summed E-state index contributed by atoms with van der Waals surface area (Å²) >= 11 is 3.20. The summed E-state index contributed by atoms with van der Waals surface area (Å²) in [6, 6.07) is 9.01. The van der Waals surface area contributed by atoms with Crippen LogP contribution < -0.4 is 4.72 Å². The van der Waals surface area contributed by atoms with E-state index in [2.05, 4.69) is 35.6 Å². The Morgan fingerprint density at radius 2 is 2.05 bits per heavy atom. The summed E-state index contributed by atoms with van der Waals surface area (Å²) in [5.74, 6) is 0.558. The number of pyridine rings is 1. The van der Waals surface area contributed by atoms with Crippen LogP contribution in [0, 0.1) is 0 Å². The van der Waals surface area contributed by atoms with Crippen molar-refractivity contribution in [3.05, 3.63) is 53.0 Å². The van der Waals surface area contributed by atoms with Gasteiger partial charge in [0.2, 0.25) is 10.0 Å². The highest BCUT2D eigenvalue weighted by Crippen LogP contribution is 2.15. The van der Waals surface area contributed by atoms with Crippen molar-refractivity contribution in [3.63, 3.8) is 0 Å². The molecule has 0 aliphatic rings. The fourth-order valence-corrected chi connectivity index (χ4v) is 3.37. The molecular weight excluding hydrogens is 356 g/mol. The lowest BCUT2D eigenvalue weighted by molar-refractivity contribution is 0.579. The van der Waals surface area contributed by atoms with Gasteiger partial charge in [-0.1, -0.05) is 12.1 Å². The van der Waals surface area contributed by atoms with Gasteiger partial charge in [-0.25, -0.2) is 18.1 Å². The van der Waals surface area contributed by atoms with E-state index in [9.17, 15) is 8.42 Å². The van der Waals surface area contributed by atoms with Gasteiger partial charge in [0.25, 0.3) is 0 Å². The summed E-state index contributed by atoms with van der Waals surface area (Å²) in [6.45, 7) is 0.0868. The number of H-pyrrole nitrogens is 1. The molecule has 2 N–H and O–H groups in total. The molecule has 0 unspecified atom stereocenters. The Balaban J connectivity index is 1.80. The topological polar surface area (TPSA) is 87.7 Å². The summed E-state index contributed by atoms with van der Waals surface area (Å²) in [4.78, 5) is 11.3. The number of para-hydroxylation sites is 2. The molecule has 6 nitrogen and oxygen atoms in total. The predicted molar refractivity (Wildman–Crippen MR) is 82.1 cm³/mol. The number of nitrogens with one attached hydrogen (secondary N) is 2. The summed E-state index contributed by atoms with van der Waals surface area (Å²) in [6.07, 6.45) is 2.82. The van der Waals surface area contributed by atoms with Gasteiger partial charge in [-0.2, -0.15) is 0 Å². The second kappa shape index (κ2) is 5.55. The van der Waals surface area contributed by atoms with E-state index >= 15 is 0 Å². The lowest BCUT2D eigenvalue weighted by atomic mass is 10.3. The zero-order valence-electron chi connectivity index (χ0n) is 10.7. The van der Waals surface area contributed by atoms with Crippen LogP contribution in [0.5, 0.6) is 0 Å². The smallest absolute Gasteiger partial charge is 0.242 e. The molecule has 0 aliphatic heterocycles. The number of aromatic nitrogens is 3. The molecule has 3 rings (SSSR count). The molecule has 0 spiro atoms. The number of hydrogen-bond donors (Lipinski definition) is 2. The maximum atomic E-state index is 12.2. The van der Waals surface area contributed by atoms with E-state index in [0.717, 1.165) is 11.0 Å². The largest absolute Gasteiger partial charge is 0.341 e. The molecule has 108 valence electrons. The first kappa shape index (κ1) is 14.2. The number of rotatable bonds is 4. The van der Waals surface area contributed by atoms with Gasteiger partial charge in [-0.3, -0.25) is 4.98 Å². The number of benzene rings is 1. The third-order valence-electron chi connectivity index (χ3n) is 2.86. The van der Waals surface area contributed by atoms with Gasteiger partial charge in [0, 0.05) is 16.9 Å². The van der Waals surface area contributed by atoms with Crippen molar-refractivity contribution in [2.45, 2.75) is 11.4 Å². The van der Waals surface area contributed by atoms with Crippen LogP contribution in [-0.4, -0.2) is 23.4 Å². The molecule has 0 amide bonds. The molecule has 0 saturated carbocycles. The zero-order valence-corrected chi connectivity index (χ0v) is 13.1. The molecule has 1 aromatic carbocycles. The number of nitrogens with zero attached hydrogens (tertiary/aromatic N) is 2. The first-order valence-electron chi connectivity index (χ1n) is 6.08. The Morgan fingerprint density at radius 3 is 2.81 bits per heavy atom. The molecule has 0 aliphatic carbocycles. The molecule has 0 radical (unpaired) electrons. The molecule has 0 fully saturated rings. The van der Waals surface area contributed by atoms with Crippen molar-refractivity contribution >= 4 is 37.0 Å². The van der Waals surface area contributed by atoms with Gasteiger partial charge in [0.05, 0.1) is 17.6 Å². The van der Waals surface area contributed by atoms with Crippen LogP contribution in [0.15, 0.2) is 52.1 Å². The number of imidazole rings is 1. The molecule has 0 atom stereocenters. The maximum Gasteiger partial charge on any atom is 0.242 e. The van der Waals surface area contributed by atoms with Crippen molar-refractivity contribution in [1.29, 1.82) is 0 Å². The standard InChI is InChI=1S/C13H11BrN4O2S/c14-9-5-10(7-15-6-9)21(19,20)16-8-13-17-11-3-1-2-4-12(11)18-13/h1-7,16H,8H2,(H,17,18). The number of halogens is 1. The Labute approximate surface area is 129 Å². The van der Waals surface area contributed by atoms with Crippen LogP contribution in [0.2, 0.25) is 0 Å². The SMILES string of the molecule is O=S(=O)(NCc1nc2ccccc2[nH]1)c1cncc(Br)c1. The maximum absolute atomic E-state index is 12.2. The fraction of sp³-hybridized carbons (Fsp3) is 0.0769. The lowest BCUT2D eigenvalue weighted by Gasteiger charge is -2.05. The first-order chi connectivity index (χ1) is 10.0. The van der Waals surface area contributed by atoms with E-state index in [-0.39, 0.29) is 11.4 Å². The Kier molecular flexibility index (Phi) is 3.75.